The lowest BCUT2D eigenvalue weighted by molar-refractivity contribution is 0.0935. The highest BCUT2D eigenvalue weighted by atomic mass is 15.2. The topological polar surface area (TPSA) is 15.3 Å². The van der Waals surface area contributed by atoms with Crippen LogP contribution in [-0.2, 0) is 12.8 Å². The van der Waals surface area contributed by atoms with Crippen molar-refractivity contribution in [1.82, 2.24) is 10.2 Å². The van der Waals surface area contributed by atoms with Gasteiger partial charge in [0.05, 0.1) is 0 Å². The number of rotatable bonds is 3. The van der Waals surface area contributed by atoms with Crippen LogP contribution >= 0.6 is 0 Å². The molecule has 1 aliphatic heterocycles. The van der Waals surface area contributed by atoms with Gasteiger partial charge in [-0.25, -0.2) is 0 Å². The van der Waals surface area contributed by atoms with Crippen molar-refractivity contribution in [3.63, 3.8) is 0 Å². The first-order valence-corrected chi connectivity index (χ1v) is 8.90. The quantitative estimate of drug-likeness (QED) is 0.918. The molecule has 2 fully saturated rings. The third-order valence-corrected chi connectivity index (χ3v) is 6.21. The van der Waals surface area contributed by atoms with Gasteiger partial charge in [-0.05, 0) is 68.2 Å². The van der Waals surface area contributed by atoms with Crippen molar-refractivity contribution in [2.45, 2.75) is 51.1 Å². The molecule has 1 saturated carbocycles. The van der Waals surface area contributed by atoms with Crippen LogP contribution in [0, 0.1) is 11.8 Å². The van der Waals surface area contributed by atoms with E-state index >= 15 is 0 Å². The van der Waals surface area contributed by atoms with Crippen molar-refractivity contribution >= 4 is 0 Å². The Labute approximate surface area is 128 Å². The Morgan fingerprint density at radius 2 is 1.71 bits per heavy atom. The average molecular weight is 284 g/mol. The van der Waals surface area contributed by atoms with Crippen LogP contribution in [0.5, 0.6) is 0 Å². The third kappa shape index (κ3) is 2.43. The summed E-state index contributed by atoms with van der Waals surface area (Å²) in [5, 5.41) is 3.57. The van der Waals surface area contributed by atoms with E-state index in [9.17, 15) is 0 Å². The maximum Gasteiger partial charge on any atom is 0.0235 e. The molecule has 1 N–H and O–H groups in total. The molecule has 3 aliphatic rings. The summed E-state index contributed by atoms with van der Waals surface area (Å²) in [7, 11) is 0. The van der Waals surface area contributed by atoms with Gasteiger partial charge in [-0.1, -0.05) is 31.2 Å². The number of hydrogen-bond acceptors (Lipinski definition) is 2. The average Bonchev–Trinajstić information content (AvgIpc) is 3.09. The van der Waals surface area contributed by atoms with E-state index in [0.717, 1.165) is 23.9 Å². The Balaban J connectivity index is 1.62. The smallest absolute Gasteiger partial charge is 0.0235 e. The van der Waals surface area contributed by atoms with Crippen LogP contribution in [0.15, 0.2) is 24.3 Å². The molecule has 2 heteroatoms. The predicted molar refractivity (Wildman–Crippen MR) is 87.5 cm³/mol. The Morgan fingerprint density at radius 3 is 2.24 bits per heavy atom. The first kappa shape index (κ1) is 13.8. The van der Waals surface area contributed by atoms with E-state index < -0.39 is 0 Å². The van der Waals surface area contributed by atoms with Crippen molar-refractivity contribution in [2.75, 3.05) is 19.6 Å². The predicted octanol–water partition coefficient (Wildman–Crippen LogP) is 2.86. The number of benzene rings is 1. The zero-order valence-electron chi connectivity index (χ0n) is 13.2. The summed E-state index contributed by atoms with van der Waals surface area (Å²) < 4.78 is 0. The van der Waals surface area contributed by atoms with Gasteiger partial charge in [-0.2, -0.15) is 0 Å². The number of hydrogen-bond donors (Lipinski definition) is 1. The zero-order chi connectivity index (χ0) is 14.2. The zero-order valence-corrected chi connectivity index (χ0v) is 13.2. The van der Waals surface area contributed by atoms with Crippen LogP contribution in [0.3, 0.4) is 0 Å². The molecule has 2 nitrogen and oxygen atoms in total. The van der Waals surface area contributed by atoms with E-state index in [0.29, 0.717) is 0 Å². The van der Waals surface area contributed by atoms with Gasteiger partial charge in [-0.15, -0.1) is 0 Å². The number of fused-ring (bicyclic) bond motifs is 3. The minimum atomic E-state index is 0.782. The first-order valence-electron chi connectivity index (χ1n) is 8.90. The molecule has 0 spiro atoms. The summed E-state index contributed by atoms with van der Waals surface area (Å²) >= 11 is 0. The van der Waals surface area contributed by atoms with Gasteiger partial charge in [0, 0.05) is 18.6 Å². The van der Waals surface area contributed by atoms with E-state index in [1.807, 2.05) is 0 Å². The SMILES string of the molecule is CCN(C1CCNC1)C1C2CCC1Cc1ccccc1C2. The van der Waals surface area contributed by atoms with Crippen LogP contribution in [0.25, 0.3) is 0 Å². The lowest BCUT2D eigenvalue weighted by Gasteiger charge is -2.39. The molecule has 1 heterocycles. The van der Waals surface area contributed by atoms with E-state index in [1.165, 1.54) is 51.7 Å². The molecule has 4 rings (SSSR count). The van der Waals surface area contributed by atoms with E-state index in [1.54, 1.807) is 11.1 Å². The molecule has 2 bridgehead atoms. The van der Waals surface area contributed by atoms with Crippen molar-refractivity contribution in [3.8, 4) is 0 Å². The van der Waals surface area contributed by atoms with Gasteiger partial charge >= 0.3 is 0 Å². The van der Waals surface area contributed by atoms with Crippen LogP contribution in [-0.4, -0.2) is 36.6 Å². The van der Waals surface area contributed by atoms with Crippen LogP contribution < -0.4 is 5.32 Å². The molecular weight excluding hydrogens is 256 g/mol. The first-order chi connectivity index (χ1) is 10.4. The van der Waals surface area contributed by atoms with Gasteiger partial charge in [-0.3, -0.25) is 4.90 Å². The molecule has 0 radical (unpaired) electrons. The molecule has 0 aromatic heterocycles. The fraction of sp³-hybridized carbons (Fsp3) is 0.684. The summed E-state index contributed by atoms with van der Waals surface area (Å²) in [6.45, 7) is 6.01. The minimum absolute atomic E-state index is 0.782. The minimum Gasteiger partial charge on any atom is -0.315 e. The maximum atomic E-state index is 3.57. The Morgan fingerprint density at radius 1 is 1.05 bits per heavy atom. The molecule has 1 saturated heterocycles. The summed E-state index contributed by atoms with van der Waals surface area (Å²) in [4.78, 5) is 2.87. The number of nitrogens with one attached hydrogen (secondary N) is 1. The molecule has 1 aromatic carbocycles. The molecule has 1 aromatic rings. The van der Waals surface area contributed by atoms with Gasteiger partial charge in [0.2, 0.25) is 0 Å². The second kappa shape index (κ2) is 5.73. The number of nitrogens with zero attached hydrogens (tertiary/aromatic N) is 1. The monoisotopic (exact) mass is 284 g/mol. The lowest BCUT2D eigenvalue weighted by atomic mass is 9.92. The Hall–Kier alpha value is -0.860. The molecular formula is C19H28N2. The van der Waals surface area contributed by atoms with Gasteiger partial charge < -0.3 is 5.32 Å². The summed E-state index contributed by atoms with van der Waals surface area (Å²) in [6, 6.07) is 10.8. The van der Waals surface area contributed by atoms with Crippen LogP contribution in [0.4, 0.5) is 0 Å². The van der Waals surface area contributed by atoms with Crippen molar-refractivity contribution in [2.24, 2.45) is 11.8 Å². The van der Waals surface area contributed by atoms with Gasteiger partial charge in [0.25, 0.3) is 0 Å². The van der Waals surface area contributed by atoms with Gasteiger partial charge in [0.1, 0.15) is 0 Å². The summed E-state index contributed by atoms with van der Waals surface area (Å²) in [5.74, 6) is 1.78. The maximum absolute atomic E-state index is 3.57. The fourth-order valence-electron chi connectivity index (χ4n) is 5.30. The summed E-state index contributed by atoms with van der Waals surface area (Å²) in [5.41, 5.74) is 3.27. The van der Waals surface area contributed by atoms with Crippen LogP contribution in [0.2, 0.25) is 0 Å². The van der Waals surface area contributed by atoms with Crippen LogP contribution in [0.1, 0.15) is 37.3 Å². The van der Waals surface area contributed by atoms with E-state index in [4.69, 9.17) is 0 Å². The molecule has 2 aliphatic carbocycles. The third-order valence-electron chi connectivity index (χ3n) is 6.21. The normalized spacial score (nSPS) is 35.0. The van der Waals surface area contributed by atoms with Crippen molar-refractivity contribution in [3.05, 3.63) is 35.4 Å². The Kier molecular flexibility index (Phi) is 3.76. The molecule has 21 heavy (non-hydrogen) atoms. The van der Waals surface area contributed by atoms with Gasteiger partial charge in [0.15, 0.2) is 0 Å². The Bertz CT molecular complexity index is 459. The number of likely N-dealkylation sites (N-methyl/N-ethyl adjacent to an activating group) is 1. The fourth-order valence-corrected chi connectivity index (χ4v) is 5.30. The highest BCUT2D eigenvalue weighted by Gasteiger charge is 2.43. The molecule has 0 amide bonds. The largest absolute Gasteiger partial charge is 0.315 e. The summed E-state index contributed by atoms with van der Waals surface area (Å²) in [6.07, 6.45) is 6.86. The second-order valence-corrected chi connectivity index (χ2v) is 7.24. The van der Waals surface area contributed by atoms with Crippen molar-refractivity contribution in [1.29, 1.82) is 0 Å². The molecule has 3 atom stereocenters. The highest BCUT2D eigenvalue weighted by Crippen LogP contribution is 2.43. The second-order valence-electron chi connectivity index (χ2n) is 7.24. The molecule has 114 valence electrons. The van der Waals surface area contributed by atoms with E-state index in [2.05, 4.69) is 41.4 Å². The lowest BCUT2D eigenvalue weighted by Crippen LogP contribution is -2.49. The van der Waals surface area contributed by atoms with E-state index in [-0.39, 0.29) is 0 Å². The molecule has 3 unspecified atom stereocenters. The van der Waals surface area contributed by atoms with Crippen molar-refractivity contribution < 1.29 is 0 Å². The highest BCUT2D eigenvalue weighted by molar-refractivity contribution is 5.31. The standard InChI is InChI=1S/C19H28N2/c1-2-21(18-9-10-20-13-18)19-16-7-8-17(19)12-15-6-4-3-5-14(15)11-16/h3-6,16-20H,2,7-13H2,1H3.